The van der Waals surface area contributed by atoms with Crippen molar-refractivity contribution in [1.82, 2.24) is 0 Å². The maximum Gasteiger partial charge on any atom is 0.143 e. The highest BCUT2D eigenvalue weighted by Crippen LogP contribution is 2.40. The van der Waals surface area contributed by atoms with E-state index in [1.165, 1.54) is 19.3 Å². The minimum Gasteiger partial charge on any atom is -0.394 e. The van der Waals surface area contributed by atoms with Crippen molar-refractivity contribution in [3.63, 3.8) is 0 Å². The minimum absolute atomic E-state index is 0.129. The first-order valence-electron chi connectivity index (χ1n) is 12.4. The van der Waals surface area contributed by atoms with Crippen LogP contribution in [0.4, 0.5) is 0 Å². The first-order valence-corrected chi connectivity index (χ1v) is 12.4. The molecule has 176 valence electrons. The Labute approximate surface area is 199 Å². The average molecular weight is 447 g/mol. The van der Waals surface area contributed by atoms with E-state index in [1.807, 2.05) is 0 Å². The molecule has 3 rings (SSSR count). The number of unbranched alkanes of at least 4 members (excludes halogenated alkanes) is 6. The molecule has 0 amide bonds. The van der Waals surface area contributed by atoms with Crippen molar-refractivity contribution in [3.8, 4) is 0 Å². The van der Waals surface area contributed by atoms with Crippen molar-refractivity contribution in [3.05, 3.63) is 108 Å². The van der Waals surface area contributed by atoms with Crippen molar-refractivity contribution in [2.75, 3.05) is 13.2 Å². The van der Waals surface area contributed by atoms with Crippen LogP contribution in [0.25, 0.3) is 0 Å². The number of benzene rings is 3. The van der Waals surface area contributed by atoms with Gasteiger partial charge in [-0.25, -0.2) is 0 Å². The van der Waals surface area contributed by atoms with Crippen molar-refractivity contribution in [1.29, 1.82) is 0 Å². The number of aliphatic hydroxyl groups is 2. The van der Waals surface area contributed by atoms with Gasteiger partial charge in [-0.1, -0.05) is 130 Å². The molecule has 0 heterocycles. The van der Waals surface area contributed by atoms with E-state index in [0.29, 0.717) is 13.0 Å². The summed E-state index contributed by atoms with van der Waals surface area (Å²) in [7, 11) is 0. The second kappa shape index (κ2) is 13.9. The van der Waals surface area contributed by atoms with Crippen LogP contribution in [0.2, 0.25) is 0 Å². The van der Waals surface area contributed by atoms with Crippen LogP contribution < -0.4 is 0 Å². The lowest BCUT2D eigenvalue weighted by Crippen LogP contribution is -2.33. The maximum atomic E-state index is 9.41. The molecule has 0 aromatic heterocycles. The van der Waals surface area contributed by atoms with Crippen LogP contribution in [-0.2, 0) is 10.3 Å². The Bertz CT molecular complexity index is 784. The molecule has 0 aliphatic carbocycles. The number of rotatable bonds is 15. The Morgan fingerprint density at radius 2 is 0.970 bits per heavy atom. The van der Waals surface area contributed by atoms with Gasteiger partial charge in [-0.15, -0.1) is 0 Å². The quantitative estimate of drug-likeness (QED) is 0.208. The van der Waals surface area contributed by atoms with Crippen LogP contribution in [0.3, 0.4) is 0 Å². The van der Waals surface area contributed by atoms with E-state index in [0.717, 1.165) is 42.4 Å². The van der Waals surface area contributed by atoms with E-state index in [4.69, 9.17) is 9.84 Å². The van der Waals surface area contributed by atoms with E-state index >= 15 is 0 Å². The Kier molecular flexibility index (Phi) is 10.6. The van der Waals surface area contributed by atoms with Gasteiger partial charge in [0.1, 0.15) is 5.60 Å². The molecule has 0 bridgehead atoms. The zero-order valence-electron chi connectivity index (χ0n) is 19.6. The average Bonchev–Trinajstić information content (AvgIpc) is 2.89. The Morgan fingerprint density at radius 3 is 1.39 bits per heavy atom. The fourth-order valence-electron chi connectivity index (χ4n) is 4.45. The summed E-state index contributed by atoms with van der Waals surface area (Å²) in [5, 5.41) is 18.3. The predicted octanol–water partition coefficient (Wildman–Crippen LogP) is 6.47. The molecule has 3 nitrogen and oxygen atoms in total. The molecule has 3 aromatic carbocycles. The second-order valence-electron chi connectivity index (χ2n) is 8.73. The summed E-state index contributed by atoms with van der Waals surface area (Å²) in [6, 6.07) is 31.6. The topological polar surface area (TPSA) is 49.7 Å². The van der Waals surface area contributed by atoms with E-state index < -0.39 is 11.7 Å². The minimum atomic E-state index is -0.628. The molecule has 0 fully saturated rings. The van der Waals surface area contributed by atoms with Crippen molar-refractivity contribution >= 4 is 0 Å². The molecule has 0 aliphatic rings. The van der Waals surface area contributed by atoms with Crippen molar-refractivity contribution in [2.45, 2.75) is 63.1 Å². The van der Waals surface area contributed by atoms with Gasteiger partial charge in [0, 0.05) is 6.61 Å². The van der Waals surface area contributed by atoms with Gasteiger partial charge in [-0.3, -0.25) is 0 Å². The molecular formula is C30H38O3. The fourth-order valence-corrected chi connectivity index (χ4v) is 4.45. The number of hydrogen-bond acceptors (Lipinski definition) is 3. The van der Waals surface area contributed by atoms with Gasteiger partial charge in [0.25, 0.3) is 0 Å². The van der Waals surface area contributed by atoms with Crippen LogP contribution in [0.5, 0.6) is 0 Å². The Hall–Kier alpha value is -2.46. The molecule has 0 saturated heterocycles. The monoisotopic (exact) mass is 446 g/mol. The largest absolute Gasteiger partial charge is 0.394 e. The normalized spacial score (nSPS) is 12.5. The summed E-state index contributed by atoms with van der Waals surface area (Å²) in [5.41, 5.74) is 2.81. The lowest BCUT2D eigenvalue weighted by atomic mass is 9.80. The molecular weight excluding hydrogens is 408 g/mol. The zero-order valence-corrected chi connectivity index (χ0v) is 19.6. The van der Waals surface area contributed by atoms with Crippen molar-refractivity contribution < 1.29 is 14.9 Å². The number of aliphatic hydroxyl groups excluding tert-OH is 2. The SMILES string of the molecule is OCC(O)CCCCCCCCCOC(c1ccccc1)(c1ccccc1)c1ccccc1. The van der Waals surface area contributed by atoms with Crippen LogP contribution >= 0.6 is 0 Å². The standard InChI is InChI=1S/C30H38O3/c31-25-29(32)23-15-4-2-1-3-5-16-24-33-30(26-17-9-6-10-18-26,27-19-11-7-12-20-27)28-21-13-8-14-22-28/h6-14,17-22,29,31-32H,1-5,15-16,23-25H2. The van der Waals surface area contributed by atoms with E-state index in [2.05, 4.69) is 91.0 Å². The van der Waals surface area contributed by atoms with Gasteiger partial charge >= 0.3 is 0 Å². The van der Waals surface area contributed by atoms with Crippen LogP contribution in [0.1, 0.15) is 68.1 Å². The molecule has 0 spiro atoms. The molecule has 2 N–H and O–H groups in total. The Morgan fingerprint density at radius 1 is 0.576 bits per heavy atom. The van der Waals surface area contributed by atoms with Gasteiger partial charge in [0.05, 0.1) is 12.7 Å². The highest BCUT2D eigenvalue weighted by molar-refractivity contribution is 5.47. The van der Waals surface area contributed by atoms with Gasteiger partial charge in [0.2, 0.25) is 0 Å². The molecule has 0 aliphatic heterocycles. The van der Waals surface area contributed by atoms with Gasteiger partial charge in [-0.2, -0.15) is 0 Å². The van der Waals surface area contributed by atoms with E-state index in [1.54, 1.807) is 0 Å². The Balaban J connectivity index is 1.61. The molecule has 1 unspecified atom stereocenters. The van der Waals surface area contributed by atoms with Crippen molar-refractivity contribution in [2.24, 2.45) is 0 Å². The summed E-state index contributed by atoms with van der Waals surface area (Å²) < 4.78 is 6.82. The van der Waals surface area contributed by atoms with Gasteiger partial charge < -0.3 is 14.9 Å². The molecule has 0 radical (unpaired) electrons. The molecule has 3 aromatic rings. The third-order valence-electron chi connectivity index (χ3n) is 6.25. The zero-order chi connectivity index (χ0) is 23.2. The van der Waals surface area contributed by atoms with E-state index in [-0.39, 0.29) is 6.61 Å². The molecule has 3 heteroatoms. The lowest BCUT2D eigenvalue weighted by molar-refractivity contribution is 0.0106. The third kappa shape index (κ3) is 7.26. The van der Waals surface area contributed by atoms with Crippen LogP contribution in [-0.4, -0.2) is 29.5 Å². The number of hydrogen-bond donors (Lipinski definition) is 2. The highest BCUT2D eigenvalue weighted by Gasteiger charge is 2.37. The first kappa shape index (κ1) is 25.2. The summed E-state index contributed by atoms with van der Waals surface area (Å²) in [6.07, 6.45) is 8.00. The van der Waals surface area contributed by atoms with E-state index in [9.17, 15) is 5.11 Å². The summed E-state index contributed by atoms with van der Waals surface area (Å²) in [4.78, 5) is 0. The van der Waals surface area contributed by atoms with Gasteiger partial charge in [-0.05, 0) is 29.5 Å². The first-order chi connectivity index (χ1) is 16.3. The third-order valence-corrected chi connectivity index (χ3v) is 6.25. The fraction of sp³-hybridized carbons (Fsp3) is 0.400. The molecule has 0 saturated carbocycles. The summed E-state index contributed by atoms with van der Waals surface area (Å²) in [6.45, 7) is 0.567. The maximum absolute atomic E-state index is 9.41. The lowest BCUT2D eigenvalue weighted by Gasteiger charge is -2.36. The van der Waals surface area contributed by atoms with Crippen LogP contribution in [0, 0.1) is 0 Å². The van der Waals surface area contributed by atoms with Crippen LogP contribution in [0.15, 0.2) is 91.0 Å². The second-order valence-corrected chi connectivity index (χ2v) is 8.73. The summed E-state index contributed by atoms with van der Waals surface area (Å²) in [5.74, 6) is 0. The molecule has 33 heavy (non-hydrogen) atoms. The highest BCUT2D eigenvalue weighted by atomic mass is 16.5. The predicted molar refractivity (Wildman–Crippen MR) is 135 cm³/mol. The number of ether oxygens (including phenoxy) is 1. The molecule has 1 atom stereocenters. The smallest absolute Gasteiger partial charge is 0.143 e. The summed E-state index contributed by atoms with van der Waals surface area (Å²) >= 11 is 0. The van der Waals surface area contributed by atoms with Gasteiger partial charge in [0.15, 0.2) is 0 Å².